The van der Waals surface area contributed by atoms with Gasteiger partial charge in [-0.2, -0.15) is 0 Å². The fourth-order valence-electron chi connectivity index (χ4n) is 2.85. The second-order valence-corrected chi connectivity index (χ2v) is 4.63. The Morgan fingerprint density at radius 2 is 1.64 bits per heavy atom. The minimum atomic E-state index is -0.656. The van der Waals surface area contributed by atoms with Gasteiger partial charge in [0.25, 0.3) is 0 Å². The molecule has 4 nitrogen and oxygen atoms in total. The normalized spacial score (nSPS) is 40.6. The van der Waals surface area contributed by atoms with Crippen LogP contribution < -0.4 is 5.32 Å². The minimum Gasteiger partial charge on any atom is -0.481 e. The van der Waals surface area contributed by atoms with Gasteiger partial charge in [0.1, 0.15) is 0 Å². The van der Waals surface area contributed by atoms with Gasteiger partial charge in [-0.15, -0.1) is 0 Å². The lowest BCUT2D eigenvalue weighted by Crippen LogP contribution is -2.56. The number of nitrogens with one attached hydrogen (secondary N) is 1. The van der Waals surface area contributed by atoms with Gasteiger partial charge in [0, 0.05) is 5.54 Å². The lowest BCUT2D eigenvalue weighted by molar-refractivity contribution is -0.156. The molecular weight excluding hydrogens is 182 g/mol. The van der Waals surface area contributed by atoms with Crippen molar-refractivity contribution in [2.45, 2.75) is 44.1 Å². The maximum Gasteiger partial charge on any atom is 0.309 e. The molecule has 3 saturated carbocycles. The van der Waals surface area contributed by atoms with Crippen LogP contribution in [0.2, 0.25) is 0 Å². The van der Waals surface area contributed by atoms with Crippen molar-refractivity contribution in [3.63, 3.8) is 0 Å². The first-order chi connectivity index (χ1) is 6.63. The summed E-state index contributed by atoms with van der Waals surface area (Å²) < 4.78 is 0. The second kappa shape index (κ2) is 2.97. The van der Waals surface area contributed by atoms with Crippen LogP contribution in [-0.4, -0.2) is 23.0 Å². The van der Waals surface area contributed by atoms with Gasteiger partial charge in [0.15, 0.2) is 0 Å². The molecule has 78 valence electrons. The number of hydrogen-bond donors (Lipinski definition) is 2. The van der Waals surface area contributed by atoms with Crippen molar-refractivity contribution in [2.24, 2.45) is 5.41 Å². The van der Waals surface area contributed by atoms with Gasteiger partial charge in [-0.1, -0.05) is 0 Å². The van der Waals surface area contributed by atoms with Crippen molar-refractivity contribution < 1.29 is 14.7 Å². The monoisotopic (exact) mass is 197 g/mol. The number of carbonyl (C=O) groups is 2. The number of carboxylic acids is 1. The molecule has 1 amide bonds. The molecule has 0 heterocycles. The zero-order valence-corrected chi connectivity index (χ0v) is 8.08. The summed E-state index contributed by atoms with van der Waals surface area (Å²) in [6.45, 7) is 0. The van der Waals surface area contributed by atoms with Crippen LogP contribution in [0.15, 0.2) is 0 Å². The highest BCUT2D eigenvalue weighted by Gasteiger charge is 2.52. The van der Waals surface area contributed by atoms with Crippen molar-refractivity contribution in [2.75, 3.05) is 0 Å². The van der Waals surface area contributed by atoms with Crippen LogP contribution in [0.25, 0.3) is 0 Å². The van der Waals surface area contributed by atoms with E-state index in [2.05, 4.69) is 5.32 Å². The minimum absolute atomic E-state index is 0.0844. The van der Waals surface area contributed by atoms with Crippen LogP contribution in [0.4, 0.5) is 0 Å². The van der Waals surface area contributed by atoms with Crippen LogP contribution in [0.3, 0.4) is 0 Å². The zero-order chi connectivity index (χ0) is 10.2. The van der Waals surface area contributed by atoms with Gasteiger partial charge in [-0.3, -0.25) is 9.59 Å². The SMILES string of the molecule is O=CNC12CCC(C(=O)O)(CC1)CC2. The van der Waals surface area contributed by atoms with Crippen LogP contribution in [0.1, 0.15) is 38.5 Å². The van der Waals surface area contributed by atoms with Gasteiger partial charge < -0.3 is 10.4 Å². The summed E-state index contributed by atoms with van der Waals surface area (Å²) in [4.78, 5) is 21.5. The van der Waals surface area contributed by atoms with E-state index in [9.17, 15) is 9.59 Å². The Labute approximate surface area is 82.7 Å². The van der Waals surface area contributed by atoms with Crippen molar-refractivity contribution in [1.29, 1.82) is 0 Å². The molecule has 14 heavy (non-hydrogen) atoms. The van der Waals surface area contributed by atoms with Gasteiger partial charge in [0.2, 0.25) is 6.41 Å². The molecule has 3 fully saturated rings. The number of amides is 1. The van der Waals surface area contributed by atoms with E-state index in [4.69, 9.17) is 5.11 Å². The molecule has 0 aromatic carbocycles. The largest absolute Gasteiger partial charge is 0.481 e. The molecule has 0 radical (unpaired) electrons. The standard InChI is InChI=1S/C10H15NO3/c12-7-11-10-4-1-9(2-5-10,3-6-10)8(13)14/h7H,1-6H2,(H,11,12)(H,13,14). The Bertz CT molecular complexity index is 250. The molecule has 2 bridgehead atoms. The predicted molar refractivity (Wildman–Crippen MR) is 49.7 cm³/mol. The maximum atomic E-state index is 11.1. The van der Waals surface area contributed by atoms with Crippen molar-refractivity contribution in [3.8, 4) is 0 Å². The summed E-state index contributed by atoms with van der Waals surface area (Å²) in [7, 11) is 0. The maximum absolute atomic E-state index is 11.1. The third-order valence-electron chi connectivity index (χ3n) is 4.07. The first kappa shape index (κ1) is 9.49. The third-order valence-corrected chi connectivity index (χ3v) is 4.07. The number of fused-ring (bicyclic) bond motifs is 3. The average molecular weight is 197 g/mol. The van der Waals surface area contributed by atoms with E-state index < -0.39 is 11.4 Å². The number of carbonyl (C=O) groups excluding carboxylic acids is 1. The molecule has 3 aliphatic rings. The molecule has 0 atom stereocenters. The second-order valence-electron chi connectivity index (χ2n) is 4.63. The Morgan fingerprint density at radius 3 is 2.00 bits per heavy atom. The molecular formula is C10H15NO3. The van der Waals surface area contributed by atoms with E-state index in [0.717, 1.165) is 25.7 Å². The fraction of sp³-hybridized carbons (Fsp3) is 0.800. The van der Waals surface area contributed by atoms with E-state index in [1.165, 1.54) is 0 Å². The van der Waals surface area contributed by atoms with Crippen LogP contribution >= 0.6 is 0 Å². The topological polar surface area (TPSA) is 66.4 Å². The summed E-state index contributed by atoms with van der Waals surface area (Å²) in [5.74, 6) is -0.656. The molecule has 2 N–H and O–H groups in total. The van der Waals surface area contributed by atoms with Crippen molar-refractivity contribution in [1.82, 2.24) is 5.32 Å². The molecule has 0 aromatic rings. The Balaban J connectivity index is 2.12. The number of carboxylic acid groups (broad SMARTS) is 1. The first-order valence-corrected chi connectivity index (χ1v) is 5.07. The molecule has 4 heteroatoms. The highest BCUT2D eigenvalue weighted by Crippen LogP contribution is 2.52. The van der Waals surface area contributed by atoms with E-state index in [0.29, 0.717) is 19.3 Å². The zero-order valence-electron chi connectivity index (χ0n) is 8.08. The Kier molecular flexibility index (Phi) is 2.01. The Hall–Kier alpha value is -1.06. The third kappa shape index (κ3) is 1.21. The summed E-state index contributed by atoms with van der Waals surface area (Å²) in [5.41, 5.74) is -0.564. The molecule has 0 unspecified atom stereocenters. The number of aliphatic carboxylic acids is 1. The van der Waals surface area contributed by atoms with Crippen LogP contribution in [-0.2, 0) is 9.59 Å². The molecule has 0 spiro atoms. The number of hydrogen-bond acceptors (Lipinski definition) is 2. The average Bonchev–Trinajstić information content (AvgIpc) is 2.20. The summed E-state index contributed by atoms with van der Waals surface area (Å²) in [6, 6.07) is 0. The van der Waals surface area contributed by atoms with Gasteiger partial charge >= 0.3 is 5.97 Å². The van der Waals surface area contributed by atoms with Gasteiger partial charge in [0.05, 0.1) is 5.41 Å². The highest BCUT2D eigenvalue weighted by atomic mass is 16.4. The van der Waals surface area contributed by atoms with Gasteiger partial charge in [-0.05, 0) is 38.5 Å². The summed E-state index contributed by atoms with van der Waals surface area (Å²) >= 11 is 0. The van der Waals surface area contributed by atoms with E-state index >= 15 is 0 Å². The van der Waals surface area contributed by atoms with Crippen molar-refractivity contribution >= 4 is 12.4 Å². The lowest BCUT2D eigenvalue weighted by Gasteiger charge is -2.51. The van der Waals surface area contributed by atoms with E-state index in [1.807, 2.05) is 0 Å². The van der Waals surface area contributed by atoms with Crippen LogP contribution in [0, 0.1) is 5.41 Å². The van der Waals surface area contributed by atoms with Crippen LogP contribution in [0.5, 0.6) is 0 Å². The summed E-state index contributed by atoms with van der Waals surface area (Å²) in [6.07, 6.45) is 5.34. The molecule has 0 aromatic heterocycles. The predicted octanol–water partition coefficient (Wildman–Crippen LogP) is 0.910. The lowest BCUT2D eigenvalue weighted by atomic mass is 9.57. The number of rotatable bonds is 3. The highest BCUT2D eigenvalue weighted by molar-refractivity contribution is 5.75. The van der Waals surface area contributed by atoms with Gasteiger partial charge in [-0.25, -0.2) is 0 Å². The molecule has 3 aliphatic carbocycles. The smallest absolute Gasteiger partial charge is 0.309 e. The molecule has 0 aliphatic heterocycles. The quantitative estimate of drug-likeness (QED) is 0.661. The van der Waals surface area contributed by atoms with E-state index in [-0.39, 0.29) is 5.54 Å². The fourth-order valence-corrected chi connectivity index (χ4v) is 2.85. The Morgan fingerprint density at radius 1 is 1.14 bits per heavy atom. The molecule has 0 saturated heterocycles. The first-order valence-electron chi connectivity index (χ1n) is 5.07. The van der Waals surface area contributed by atoms with E-state index in [1.54, 1.807) is 0 Å². The molecule has 3 rings (SSSR count). The van der Waals surface area contributed by atoms with Crippen molar-refractivity contribution in [3.05, 3.63) is 0 Å². The summed E-state index contributed by atoms with van der Waals surface area (Å²) in [5, 5.41) is 12.0.